The van der Waals surface area contributed by atoms with Crippen LogP contribution in [0.3, 0.4) is 0 Å². The molecule has 1 fully saturated rings. The normalized spacial score (nSPS) is 22.8. The van der Waals surface area contributed by atoms with Crippen LogP contribution in [0.2, 0.25) is 0 Å². The Morgan fingerprint density at radius 3 is 2.86 bits per heavy atom. The first kappa shape index (κ1) is 17.0. The van der Waals surface area contributed by atoms with Gasteiger partial charge in [0.2, 0.25) is 10.0 Å². The average molecular weight is 381 g/mol. The lowest BCUT2D eigenvalue weighted by molar-refractivity contribution is 0.178. The Morgan fingerprint density at radius 2 is 2.24 bits per heavy atom. The standard InChI is InChI=1S/C13H21BrN2O4S/c1-3-5-15-8-10-7-11(12(14)20-10)21(17,18)16-13(2)4-6-19-9-13/h7,15-16H,3-6,8-9H2,1-2H3. The summed E-state index contributed by atoms with van der Waals surface area (Å²) in [6.07, 6.45) is 1.67. The average Bonchev–Trinajstić information content (AvgIpc) is 2.96. The summed E-state index contributed by atoms with van der Waals surface area (Å²) in [4.78, 5) is 0.129. The molecule has 1 aromatic rings. The number of nitrogens with one attached hydrogen (secondary N) is 2. The van der Waals surface area contributed by atoms with Gasteiger partial charge in [-0.15, -0.1) is 0 Å². The molecule has 0 aliphatic carbocycles. The molecule has 8 heteroatoms. The van der Waals surface area contributed by atoms with Crippen LogP contribution in [0.4, 0.5) is 0 Å². The monoisotopic (exact) mass is 380 g/mol. The fraction of sp³-hybridized carbons (Fsp3) is 0.692. The quantitative estimate of drug-likeness (QED) is 0.707. The van der Waals surface area contributed by atoms with Gasteiger partial charge in [0.1, 0.15) is 10.7 Å². The highest BCUT2D eigenvalue weighted by Gasteiger charge is 2.36. The molecule has 0 saturated carbocycles. The van der Waals surface area contributed by atoms with Crippen LogP contribution >= 0.6 is 15.9 Å². The predicted molar refractivity (Wildman–Crippen MR) is 82.6 cm³/mol. The SMILES string of the molecule is CCCNCc1cc(S(=O)(=O)NC2(C)CCOC2)c(Br)o1. The highest BCUT2D eigenvalue weighted by atomic mass is 79.9. The van der Waals surface area contributed by atoms with Crippen molar-refractivity contribution in [1.29, 1.82) is 0 Å². The van der Waals surface area contributed by atoms with Gasteiger partial charge in [-0.2, -0.15) is 0 Å². The summed E-state index contributed by atoms with van der Waals surface area (Å²) in [6.45, 7) is 6.21. The zero-order valence-corrected chi connectivity index (χ0v) is 14.6. The van der Waals surface area contributed by atoms with E-state index in [0.29, 0.717) is 31.9 Å². The maximum atomic E-state index is 12.5. The number of sulfonamides is 1. The lowest BCUT2D eigenvalue weighted by Gasteiger charge is -2.22. The number of rotatable bonds is 7. The van der Waals surface area contributed by atoms with Gasteiger partial charge < -0.3 is 14.5 Å². The summed E-state index contributed by atoms with van der Waals surface area (Å²) >= 11 is 3.18. The second-order valence-electron chi connectivity index (χ2n) is 5.50. The van der Waals surface area contributed by atoms with Gasteiger partial charge in [-0.25, -0.2) is 13.1 Å². The summed E-state index contributed by atoms with van der Waals surface area (Å²) in [5.74, 6) is 0.587. The topological polar surface area (TPSA) is 80.6 Å². The summed E-state index contributed by atoms with van der Waals surface area (Å²) in [5.41, 5.74) is -0.559. The van der Waals surface area contributed by atoms with Crippen molar-refractivity contribution >= 4 is 26.0 Å². The number of ether oxygens (including phenoxy) is 1. The van der Waals surface area contributed by atoms with Gasteiger partial charge >= 0.3 is 0 Å². The molecule has 1 aromatic heterocycles. The van der Waals surface area contributed by atoms with E-state index in [1.54, 1.807) is 6.07 Å². The lowest BCUT2D eigenvalue weighted by Crippen LogP contribution is -2.46. The van der Waals surface area contributed by atoms with Crippen molar-refractivity contribution in [3.63, 3.8) is 0 Å². The van der Waals surface area contributed by atoms with Crippen LogP contribution in [0.5, 0.6) is 0 Å². The molecule has 0 aromatic carbocycles. The summed E-state index contributed by atoms with van der Waals surface area (Å²) in [7, 11) is -3.64. The third-order valence-corrected chi connectivity index (χ3v) is 5.82. The molecule has 2 rings (SSSR count). The second-order valence-corrected chi connectivity index (χ2v) is 7.87. The van der Waals surface area contributed by atoms with E-state index in [1.807, 2.05) is 6.92 Å². The second kappa shape index (κ2) is 6.78. The molecule has 6 nitrogen and oxygen atoms in total. The Kier molecular flexibility index (Phi) is 5.48. The van der Waals surface area contributed by atoms with Crippen LogP contribution in [-0.2, 0) is 21.3 Å². The molecule has 0 bridgehead atoms. The van der Waals surface area contributed by atoms with Crippen LogP contribution in [0.15, 0.2) is 20.0 Å². The molecule has 1 unspecified atom stereocenters. The van der Waals surface area contributed by atoms with Gasteiger partial charge in [0.05, 0.1) is 18.7 Å². The van der Waals surface area contributed by atoms with E-state index in [-0.39, 0.29) is 9.56 Å². The molecule has 2 heterocycles. The first-order valence-electron chi connectivity index (χ1n) is 6.97. The Bertz CT molecular complexity index is 579. The molecule has 1 atom stereocenters. The Hall–Kier alpha value is -0.410. The maximum Gasteiger partial charge on any atom is 0.245 e. The van der Waals surface area contributed by atoms with E-state index >= 15 is 0 Å². The predicted octanol–water partition coefficient (Wildman–Crippen LogP) is 2.00. The van der Waals surface area contributed by atoms with Crippen molar-refractivity contribution in [2.45, 2.75) is 43.7 Å². The van der Waals surface area contributed by atoms with E-state index < -0.39 is 15.6 Å². The maximum absolute atomic E-state index is 12.5. The third kappa shape index (κ3) is 4.29. The first-order chi connectivity index (χ1) is 9.86. The van der Waals surface area contributed by atoms with Crippen LogP contribution < -0.4 is 10.0 Å². The van der Waals surface area contributed by atoms with Gasteiger partial charge in [0.15, 0.2) is 4.67 Å². The van der Waals surface area contributed by atoms with Crippen molar-refractivity contribution in [2.75, 3.05) is 19.8 Å². The van der Waals surface area contributed by atoms with Crippen molar-refractivity contribution in [1.82, 2.24) is 10.0 Å². The lowest BCUT2D eigenvalue weighted by atomic mass is 10.0. The molecule has 120 valence electrons. The molecule has 1 aliphatic heterocycles. The largest absolute Gasteiger partial charge is 0.452 e. The molecule has 1 saturated heterocycles. The number of hydrogen-bond donors (Lipinski definition) is 2. The Labute approximate surface area is 133 Å². The van der Waals surface area contributed by atoms with Crippen molar-refractivity contribution in [2.24, 2.45) is 0 Å². The molecule has 0 amide bonds. The van der Waals surface area contributed by atoms with Crippen molar-refractivity contribution in [3.8, 4) is 0 Å². The Morgan fingerprint density at radius 1 is 1.48 bits per heavy atom. The Balaban J connectivity index is 2.12. The third-order valence-electron chi connectivity index (χ3n) is 3.32. The number of halogens is 1. The molecule has 0 spiro atoms. The van der Waals surface area contributed by atoms with Gasteiger partial charge in [-0.1, -0.05) is 6.92 Å². The van der Waals surface area contributed by atoms with Gasteiger partial charge in [0, 0.05) is 12.7 Å². The van der Waals surface area contributed by atoms with E-state index in [0.717, 1.165) is 13.0 Å². The minimum Gasteiger partial charge on any atom is -0.452 e. The van der Waals surface area contributed by atoms with Crippen molar-refractivity contribution < 1.29 is 17.6 Å². The van der Waals surface area contributed by atoms with Gasteiger partial charge in [-0.3, -0.25) is 0 Å². The molecular weight excluding hydrogens is 360 g/mol. The van der Waals surface area contributed by atoms with E-state index in [2.05, 4.69) is 32.9 Å². The van der Waals surface area contributed by atoms with Crippen LogP contribution in [0.25, 0.3) is 0 Å². The van der Waals surface area contributed by atoms with E-state index in [4.69, 9.17) is 9.15 Å². The molecule has 2 N–H and O–H groups in total. The molecular formula is C13H21BrN2O4S. The van der Waals surface area contributed by atoms with E-state index in [1.165, 1.54) is 0 Å². The highest BCUT2D eigenvalue weighted by molar-refractivity contribution is 9.10. The molecule has 21 heavy (non-hydrogen) atoms. The van der Waals surface area contributed by atoms with Gasteiger partial charge in [0.25, 0.3) is 0 Å². The highest BCUT2D eigenvalue weighted by Crippen LogP contribution is 2.28. The fourth-order valence-electron chi connectivity index (χ4n) is 2.18. The van der Waals surface area contributed by atoms with E-state index in [9.17, 15) is 8.42 Å². The van der Waals surface area contributed by atoms with Gasteiger partial charge in [-0.05, 0) is 42.2 Å². The zero-order valence-electron chi connectivity index (χ0n) is 12.2. The van der Waals surface area contributed by atoms with Crippen LogP contribution in [-0.4, -0.2) is 33.7 Å². The number of hydrogen-bond acceptors (Lipinski definition) is 5. The first-order valence-corrected chi connectivity index (χ1v) is 9.24. The smallest absolute Gasteiger partial charge is 0.245 e. The zero-order chi connectivity index (χ0) is 15.5. The minimum absolute atomic E-state index is 0.129. The van der Waals surface area contributed by atoms with Crippen LogP contribution in [0.1, 0.15) is 32.4 Å². The molecule has 0 radical (unpaired) electrons. The summed E-state index contributed by atoms with van der Waals surface area (Å²) in [6, 6.07) is 1.55. The summed E-state index contributed by atoms with van der Waals surface area (Å²) in [5, 5.41) is 3.17. The summed E-state index contributed by atoms with van der Waals surface area (Å²) < 4.78 is 38.6. The van der Waals surface area contributed by atoms with Crippen molar-refractivity contribution in [3.05, 3.63) is 16.5 Å². The van der Waals surface area contributed by atoms with Crippen LogP contribution in [0, 0.1) is 0 Å². The molecule has 1 aliphatic rings. The fourth-order valence-corrected chi connectivity index (χ4v) is 4.60. The minimum atomic E-state index is -3.64. The number of furan rings is 1.